The molecule has 3 aromatic carbocycles. The quantitative estimate of drug-likeness (QED) is 0.252. The SMILES string of the molecule is COc1cccc(C(=O)c2ccc(C(=O)c3ccc(N(CC4CC4)c4ccc(C)cc4)cn3)cc2C(=O)O)c1. The minimum absolute atomic E-state index is 0.00979. The summed E-state index contributed by atoms with van der Waals surface area (Å²) in [5.74, 6) is -1.07. The van der Waals surface area contributed by atoms with Crippen LogP contribution in [0.25, 0.3) is 0 Å². The zero-order valence-corrected chi connectivity index (χ0v) is 21.8. The highest BCUT2D eigenvalue weighted by molar-refractivity contribution is 6.16. The van der Waals surface area contributed by atoms with Gasteiger partial charge in [0.2, 0.25) is 5.78 Å². The van der Waals surface area contributed by atoms with Crippen LogP contribution in [0.5, 0.6) is 5.75 Å². The lowest BCUT2D eigenvalue weighted by Gasteiger charge is -2.25. The number of ether oxygens (including phenoxy) is 1. The average Bonchev–Trinajstić information content (AvgIpc) is 3.80. The third-order valence-electron chi connectivity index (χ3n) is 6.86. The molecule has 1 N–H and O–H groups in total. The van der Waals surface area contributed by atoms with E-state index >= 15 is 0 Å². The standard InChI is InChI=1S/C32H28N2O5/c1-20-6-11-24(12-7-20)34(19-21-8-9-21)25-13-15-29(33-18-25)31(36)23-10-14-27(28(17-23)32(37)38)30(35)22-4-3-5-26(16-22)39-2/h3-7,10-18,21H,8-9,19H2,1-2H3,(H,37,38). The molecule has 7 heteroatoms. The van der Waals surface area contributed by atoms with Crippen LogP contribution in [0.3, 0.4) is 0 Å². The summed E-state index contributed by atoms with van der Waals surface area (Å²) in [4.78, 5) is 45.0. The van der Waals surface area contributed by atoms with Crippen LogP contribution in [-0.2, 0) is 0 Å². The summed E-state index contributed by atoms with van der Waals surface area (Å²) < 4.78 is 5.17. The first-order chi connectivity index (χ1) is 18.8. The maximum absolute atomic E-state index is 13.3. The number of ketones is 2. The smallest absolute Gasteiger partial charge is 0.336 e. The van der Waals surface area contributed by atoms with Gasteiger partial charge in [0, 0.05) is 28.9 Å². The molecule has 0 saturated heterocycles. The highest BCUT2D eigenvalue weighted by Gasteiger charge is 2.26. The Hall–Kier alpha value is -4.78. The Morgan fingerprint density at radius 3 is 2.23 bits per heavy atom. The Bertz CT molecular complexity index is 1540. The fraction of sp³-hybridized carbons (Fsp3) is 0.188. The minimum atomic E-state index is -1.30. The van der Waals surface area contributed by atoms with Crippen LogP contribution >= 0.6 is 0 Å². The molecular formula is C32H28N2O5. The molecule has 1 heterocycles. The van der Waals surface area contributed by atoms with E-state index in [4.69, 9.17) is 4.74 Å². The number of methoxy groups -OCH3 is 1. The molecule has 1 aliphatic rings. The number of carboxylic acid groups (broad SMARTS) is 1. The van der Waals surface area contributed by atoms with Gasteiger partial charge in [-0.15, -0.1) is 0 Å². The maximum atomic E-state index is 13.3. The van der Waals surface area contributed by atoms with Gasteiger partial charge in [0.15, 0.2) is 5.78 Å². The highest BCUT2D eigenvalue weighted by Crippen LogP contribution is 2.35. The van der Waals surface area contributed by atoms with Gasteiger partial charge < -0.3 is 14.7 Å². The maximum Gasteiger partial charge on any atom is 0.336 e. The second-order valence-electron chi connectivity index (χ2n) is 9.75. The molecule has 5 rings (SSSR count). The third kappa shape index (κ3) is 5.72. The number of rotatable bonds is 10. The second kappa shape index (κ2) is 10.9. The highest BCUT2D eigenvalue weighted by atomic mass is 16.5. The van der Waals surface area contributed by atoms with E-state index in [1.54, 1.807) is 36.5 Å². The lowest BCUT2D eigenvalue weighted by atomic mass is 9.94. The number of aromatic nitrogens is 1. The van der Waals surface area contributed by atoms with Gasteiger partial charge in [-0.1, -0.05) is 35.9 Å². The zero-order valence-electron chi connectivity index (χ0n) is 21.8. The Morgan fingerprint density at radius 1 is 0.872 bits per heavy atom. The van der Waals surface area contributed by atoms with Crippen molar-refractivity contribution in [2.75, 3.05) is 18.6 Å². The van der Waals surface area contributed by atoms with E-state index in [1.165, 1.54) is 43.7 Å². The van der Waals surface area contributed by atoms with E-state index in [0.29, 0.717) is 11.7 Å². The van der Waals surface area contributed by atoms with Crippen molar-refractivity contribution in [3.63, 3.8) is 0 Å². The monoisotopic (exact) mass is 520 g/mol. The van der Waals surface area contributed by atoms with Crippen molar-refractivity contribution in [3.8, 4) is 5.75 Å². The van der Waals surface area contributed by atoms with Gasteiger partial charge in [-0.3, -0.25) is 14.6 Å². The molecule has 1 saturated carbocycles. The summed E-state index contributed by atoms with van der Waals surface area (Å²) in [6, 6.07) is 22.4. The van der Waals surface area contributed by atoms with Gasteiger partial charge in [-0.2, -0.15) is 0 Å². The van der Waals surface area contributed by atoms with Gasteiger partial charge in [0.05, 0.1) is 24.6 Å². The number of carbonyl (C=O) groups excluding carboxylic acids is 2. The molecule has 39 heavy (non-hydrogen) atoms. The van der Waals surface area contributed by atoms with Crippen molar-refractivity contribution in [1.82, 2.24) is 4.98 Å². The summed E-state index contributed by atoms with van der Waals surface area (Å²) in [5, 5.41) is 9.83. The fourth-order valence-corrected chi connectivity index (χ4v) is 4.45. The van der Waals surface area contributed by atoms with Gasteiger partial charge in [0.1, 0.15) is 11.4 Å². The molecule has 0 radical (unpaired) electrons. The van der Waals surface area contributed by atoms with Crippen LogP contribution in [0.15, 0.2) is 85.1 Å². The molecule has 0 atom stereocenters. The molecule has 196 valence electrons. The normalized spacial score (nSPS) is 12.6. The van der Waals surface area contributed by atoms with Crippen molar-refractivity contribution >= 4 is 28.9 Å². The van der Waals surface area contributed by atoms with Crippen molar-refractivity contribution in [2.24, 2.45) is 5.92 Å². The van der Waals surface area contributed by atoms with Crippen molar-refractivity contribution in [2.45, 2.75) is 19.8 Å². The number of pyridine rings is 1. The average molecular weight is 521 g/mol. The van der Waals surface area contributed by atoms with Gasteiger partial charge in [-0.25, -0.2) is 4.79 Å². The predicted molar refractivity (Wildman–Crippen MR) is 148 cm³/mol. The molecule has 0 unspecified atom stereocenters. The number of hydrogen-bond donors (Lipinski definition) is 1. The summed E-state index contributed by atoms with van der Waals surface area (Å²) in [7, 11) is 1.49. The van der Waals surface area contributed by atoms with Crippen LogP contribution in [0.1, 0.15) is 60.7 Å². The Morgan fingerprint density at radius 2 is 1.59 bits per heavy atom. The molecular weight excluding hydrogens is 492 g/mol. The topological polar surface area (TPSA) is 96.8 Å². The molecule has 4 aromatic rings. The molecule has 1 aliphatic carbocycles. The van der Waals surface area contributed by atoms with Gasteiger partial charge >= 0.3 is 5.97 Å². The summed E-state index contributed by atoms with van der Waals surface area (Å²) in [5.41, 5.74) is 3.49. The molecule has 0 amide bonds. The van der Waals surface area contributed by atoms with Crippen molar-refractivity contribution in [3.05, 3.63) is 119 Å². The number of carboxylic acids is 1. The number of aryl methyl sites for hydroxylation is 1. The molecule has 7 nitrogen and oxygen atoms in total. The Balaban J connectivity index is 1.41. The van der Waals surface area contributed by atoms with Crippen molar-refractivity contribution in [1.29, 1.82) is 0 Å². The van der Waals surface area contributed by atoms with Crippen LogP contribution in [0.2, 0.25) is 0 Å². The van der Waals surface area contributed by atoms with Crippen LogP contribution in [0.4, 0.5) is 11.4 Å². The lowest BCUT2D eigenvalue weighted by molar-refractivity contribution is 0.0692. The number of benzene rings is 3. The van der Waals surface area contributed by atoms with Crippen LogP contribution < -0.4 is 9.64 Å². The largest absolute Gasteiger partial charge is 0.497 e. The number of aromatic carboxylic acids is 1. The first kappa shape index (κ1) is 25.9. The predicted octanol–water partition coefficient (Wildman–Crippen LogP) is 6.11. The van der Waals surface area contributed by atoms with Gasteiger partial charge in [0.25, 0.3) is 0 Å². The number of carbonyl (C=O) groups is 3. The van der Waals surface area contributed by atoms with Crippen LogP contribution in [0, 0.1) is 12.8 Å². The zero-order chi connectivity index (χ0) is 27.5. The number of nitrogens with zero attached hydrogens (tertiary/aromatic N) is 2. The van der Waals surface area contributed by atoms with E-state index in [0.717, 1.165) is 17.9 Å². The van der Waals surface area contributed by atoms with Gasteiger partial charge in [-0.05, 0) is 74.2 Å². The molecule has 0 aliphatic heterocycles. The Labute approximate surface area is 226 Å². The first-order valence-electron chi connectivity index (χ1n) is 12.7. The van der Waals surface area contributed by atoms with E-state index < -0.39 is 17.5 Å². The van der Waals surface area contributed by atoms with E-state index in [1.807, 2.05) is 13.0 Å². The molecule has 1 aromatic heterocycles. The second-order valence-corrected chi connectivity index (χ2v) is 9.75. The lowest BCUT2D eigenvalue weighted by Crippen LogP contribution is -2.20. The number of hydrogen-bond acceptors (Lipinski definition) is 6. The number of anilines is 2. The van der Waals surface area contributed by atoms with Crippen molar-refractivity contribution < 1.29 is 24.2 Å². The van der Waals surface area contributed by atoms with E-state index in [-0.39, 0.29) is 27.9 Å². The van der Waals surface area contributed by atoms with Crippen LogP contribution in [-0.4, -0.2) is 41.3 Å². The Kier molecular flexibility index (Phi) is 7.23. The molecule has 0 bridgehead atoms. The summed E-state index contributed by atoms with van der Waals surface area (Å²) in [6.45, 7) is 2.93. The minimum Gasteiger partial charge on any atom is -0.497 e. The summed E-state index contributed by atoms with van der Waals surface area (Å²) >= 11 is 0. The first-order valence-corrected chi connectivity index (χ1v) is 12.7. The van der Waals surface area contributed by atoms with E-state index in [9.17, 15) is 19.5 Å². The molecule has 1 fully saturated rings. The summed E-state index contributed by atoms with van der Waals surface area (Å²) in [6.07, 6.45) is 4.08. The third-order valence-corrected chi connectivity index (χ3v) is 6.86. The molecule has 0 spiro atoms. The fourth-order valence-electron chi connectivity index (χ4n) is 4.45. The van der Waals surface area contributed by atoms with E-state index in [2.05, 4.69) is 34.1 Å².